The van der Waals surface area contributed by atoms with Gasteiger partial charge in [0.1, 0.15) is 23.5 Å². The lowest BCUT2D eigenvalue weighted by Crippen LogP contribution is -1.83. The standard InChI is InChI=1S/C6H5N3/c1-5(3-7)9-6(2)4-8/h1H2,2H3. The van der Waals surface area contributed by atoms with Crippen molar-refractivity contribution in [2.75, 3.05) is 0 Å². The molecular weight excluding hydrogens is 114 g/mol. The molecule has 0 saturated carbocycles. The van der Waals surface area contributed by atoms with Crippen LogP contribution in [0, 0.1) is 22.7 Å². The van der Waals surface area contributed by atoms with Crippen LogP contribution in [-0.4, -0.2) is 5.71 Å². The Balaban J connectivity index is 4.22. The summed E-state index contributed by atoms with van der Waals surface area (Å²) < 4.78 is 0. The lowest BCUT2D eigenvalue weighted by atomic mass is 10.4. The van der Waals surface area contributed by atoms with E-state index in [0.29, 0.717) is 0 Å². The topological polar surface area (TPSA) is 59.9 Å². The van der Waals surface area contributed by atoms with Crippen LogP contribution in [0.25, 0.3) is 0 Å². The van der Waals surface area contributed by atoms with Gasteiger partial charge in [-0.25, -0.2) is 4.99 Å². The highest BCUT2D eigenvalue weighted by atomic mass is 14.7. The summed E-state index contributed by atoms with van der Waals surface area (Å²) in [5.74, 6) is 0. The van der Waals surface area contributed by atoms with E-state index in [1.165, 1.54) is 6.92 Å². The molecule has 0 aliphatic carbocycles. The lowest BCUT2D eigenvalue weighted by molar-refractivity contribution is 1.38. The highest BCUT2D eigenvalue weighted by Crippen LogP contribution is 1.88. The van der Waals surface area contributed by atoms with E-state index in [1.807, 2.05) is 0 Å². The van der Waals surface area contributed by atoms with Crippen LogP contribution in [0.5, 0.6) is 0 Å². The summed E-state index contributed by atoms with van der Waals surface area (Å²) in [5.41, 5.74) is 0.315. The van der Waals surface area contributed by atoms with Gasteiger partial charge in [0, 0.05) is 0 Å². The predicted molar refractivity (Wildman–Crippen MR) is 33.5 cm³/mol. The molecule has 0 radical (unpaired) electrons. The number of hydrogen-bond acceptors (Lipinski definition) is 3. The van der Waals surface area contributed by atoms with Gasteiger partial charge in [-0.1, -0.05) is 6.58 Å². The summed E-state index contributed by atoms with van der Waals surface area (Å²) in [6.07, 6.45) is 0. The summed E-state index contributed by atoms with van der Waals surface area (Å²) in [4.78, 5) is 3.51. The summed E-state index contributed by atoms with van der Waals surface area (Å²) in [6.45, 7) is 4.78. The van der Waals surface area contributed by atoms with Crippen molar-refractivity contribution in [3.8, 4) is 12.1 Å². The van der Waals surface area contributed by atoms with Crippen LogP contribution in [0.4, 0.5) is 0 Å². The van der Waals surface area contributed by atoms with Crippen LogP contribution < -0.4 is 0 Å². The summed E-state index contributed by atoms with van der Waals surface area (Å²) in [7, 11) is 0. The first kappa shape index (κ1) is 7.39. The molecule has 0 spiro atoms. The van der Waals surface area contributed by atoms with Crippen molar-refractivity contribution < 1.29 is 0 Å². The molecular formula is C6H5N3. The summed E-state index contributed by atoms with van der Waals surface area (Å²) in [6, 6.07) is 3.47. The molecule has 0 fully saturated rings. The monoisotopic (exact) mass is 119 g/mol. The first-order chi connectivity index (χ1) is 4.20. The van der Waals surface area contributed by atoms with Gasteiger partial charge in [0.05, 0.1) is 0 Å². The van der Waals surface area contributed by atoms with Gasteiger partial charge in [-0.3, -0.25) is 0 Å². The van der Waals surface area contributed by atoms with E-state index in [0.717, 1.165) is 0 Å². The molecule has 0 aliphatic heterocycles. The van der Waals surface area contributed by atoms with Crippen LogP contribution in [0.2, 0.25) is 0 Å². The van der Waals surface area contributed by atoms with Crippen LogP contribution >= 0.6 is 0 Å². The maximum absolute atomic E-state index is 8.15. The van der Waals surface area contributed by atoms with Gasteiger partial charge in [-0.15, -0.1) is 0 Å². The Morgan fingerprint density at radius 3 is 2.33 bits per heavy atom. The minimum Gasteiger partial charge on any atom is -0.232 e. The van der Waals surface area contributed by atoms with Crippen molar-refractivity contribution in [1.29, 1.82) is 10.5 Å². The van der Waals surface area contributed by atoms with Crippen molar-refractivity contribution in [3.63, 3.8) is 0 Å². The normalized spacial score (nSPS) is 9.44. The Hall–Kier alpha value is -1.61. The molecule has 0 heterocycles. The fourth-order valence-electron chi connectivity index (χ4n) is 0.252. The minimum atomic E-state index is 0.0639. The fourth-order valence-corrected chi connectivity index (χ4v) is 0.252. The molecule has 3 nitrogen and oxygen atoms in total. The zero-order valence-electron chi connectivity index (χ0n) is 5.05. The molecule has 0 N–H and O–H groups in total. The highest BCUT2D eigenvalue weighted by molar-refractivity contribution is 5.97. The molecule has 0 aromatic rings. The molecule has 3 heteroatoms. The second-order valence-corrected chi connectivity index (χ2v) is 1.37. The van der Waals surface area contributed by atoms with Crippen molar-refractivity contribution in [2.45, 2.75) is 6.92 Å². The molecule has 0 rings (SSSR count). The third-order valence-corrected chi connectivity index (χ3v) is 0.594. The van der Waals surface area contributed by atoms with Crippen LogP contribution in [0.3, 0.4) is 0 Å². The minimum absolute atomic E-state index is 0.0639. The zero-order chi connectivity index (χ0) is 7.28. The maximum Gasteiger partial charge on any atom is 0.134 e. The van der Waals surface area contributed by atoms with Gasteiger partial charge in [0.15, 0.2) is 0 Å². The Bertz CT molecular complexity index is 224. The van der Waals surface area contributed by atoms with Crippen molar-refractivity contribution in [3.05, 3.63) is 12.3 Å². The van der Waals surface area contributed by atoms with Gasteiger partial charge in [0.2, 0.25) is 0 Å². The molecule has 0 unspecified atom stereocenters. The van der Waals surface area contributed by atoms with Gasteiger partial charge in [-0.2, -0.15) is 10.5 Å². The number of rotatable bonds is 1. The highest BCUT2D eigenvalue weighted by Gasteiger charge is 1.86. The first-order valence-corrected chi connectivity index (χ1v) is 2.25. The fraction of sp³-hybridized carbons (Fsp3) is 0.167. The third-order valence-electron chi connectivity index (χ3n) is 0.594. The van der Waals surface area contributed by atoms with E-state index in [-0.39, 0.29) is 11.4 Å². The zero-order valence-corrected chi connectivity index (χ0v) is 5.05. The van der Waals surface area contributed by atoms with E-state index < -0.39 is 0 Å². The Kier molecular flexibility index (Phi) is 2.79. The van der Waals surface area contributed by atoms with E-state index in [2.05, 4.69) is 11.6 Å². The molecule has 0 bridgehead atoms. The molecule has 0 saturated heterocycles. The number of nitrogens with zero attached hydrogens (tertiary/aromatic N) is 3. The number of nitriles is 2. The van der Waals surface area contributed by atoms with E-state index >= 15 is 0 Å². The number of hydrogen-bond donors (Lipinski definition) is 0. The van der Waals surface area contributed by atoms with Crippen molar-refractivity contribution >= 4 is 5.71 Å². The Morgan fingerprint density at radius 1 is 1.44 bits per heavy atom. The molecule has 0 aromatic heterocycles. The van der Waals surface area contributed by atoms with Crippen LogP contribution in [0.15, 0.2) is 17.3 Å². The average molecular weight is 119 g/mol. The van der Waals surface area contributed by atoms with Crippen molar-refractivity contribution in [1.82, 2.24) is 0 Å². The number of allylic oxidation sites excluding steroid dienone is 1. The second-order valence-electron chi connectivity index (χ2n) is 1.37. The molecule has 0 aromatic carbocycles. The molecule has 9 heavy (non-hydrogen) atoms. The summed E-state index contributed by atoms with van der Waals surface area (Å²) in [5, 5.41) is 16.3. The molecule has 0 aliphatic rings. The molecule has 44 valence electrons. The Morgan fingerprint density at radius 2 is 2.00 bits per heavy atom. The quantitative estimate of drug-likeness (QED) is 0.382. The van der Waals surface area contributed by atoms with Gasteiger partial charge in [-0.05, 0) is 6.92 Å². The van der Waals surface area contributed by atoms with Gasteiger partial charge < -0.3 is 0 Å². The van der Waals surface area contributed by atoms with E-state index in [9.17, 15) is 0 Å². The largest absolute Gasteiger partial charge is 0.232 e. The van der Waals surface area contributed by atoms with Gasteiger partial charge >= 0.3 is 0 Å². The predicted octanol–water partition coefficient (Wildman–Crippen LogP) is 1.01. The van der Waals surface area contributed by atoms with Crippen LogP contribution in [0.1, 0.15) is 6.92 Å². The molecule has 0 atom stereocenters. The average Bonchev–Trinajstić information content (AvgIpc) is 1.87. The third kappa shape index (κ3) is 3.02. The first-order valence-electron chi connectivity index (χ1n) is 2.25. The van der Waals surface area contributed by atoms with Crippen LogP contribution in [-0.2, 0) is 0 Å². The van der Waals surface area contributed by atoms with Gasteiger partial charge in [0.25, 0.3) is 0 Å². The smallest absolute Gasteiger partial charge is 0.134 e. The maximum atomic E-state index is 8.15. The SMILES string of the molecule is C=C(C#N)N=C(C)C#N. The molecule has 0 amide bonds. The van der Waals surface area contributed by atoms with E-state index in [4.69, 9.17) is 10.5 Å². The summed E-state index contributed by atoms with van der Waals surface area (Å²) >= 11 is 0. The second kappa shape index (κ2) is 3.40. The van der Waals surface area contributed by atoms with E-state index in [1.54, 1.807) is 12.1 Å². The van der Waals surface area contributed by atoms with Crippen molar-refractivity contribution in [2.24, 2.45) is 4.99 Å². The Labute approximate surface area is 53.6 Å². The lowest BCUT2D eigenvalue weighted by Gasteiger charge is -1.80. The number of aliphatic imine (C=N–C) groups is 1.